The molecule has 1 aliphatic carbocycles. The standard InChI is InChI=1S/C18H19ClN2O3S/c1-21(25(23,24)16-11-15(19)12-20-13-16)18(10-6-5-9-17(18)22)14-7-3-2-4-8-14/h2-4,7-8,11-13H,5-6,9-10H2,1H3/t18-/m1/s1. The maximum Gasteiger partial charge on any atom is 0.245 e. The highest BCUT2D eigenvalue weighted by Gasteiger charge is 2.49. The van der Waals surface area contributed by atoms with E-state index in [2.05, 4.69) is 4.98 Å². The molecule has 1 saturated carbocycles. The number of hydrogen-bond acceptors (Lipinski definition) is 4. The molecule has 0 amide bonds. The minimum Gasteiger partial charge on any atom is -0.297 e. The average molecular weight is 379 g/mol. The van der Waals surface area contributed by atoms with E-state index in [9.17, 15) is 13.2 Å². The lowest BCUT2D eigenvalue weighted by Gasteiger charge is -2.42. The first kappa shape index (κ1) is 18.0. The van der Waals surface area contributed by atoms with Crippen LogP contribution in [0.3, 0.4) is 0 Å². The topological polar surface area (TPSA) is 67.3 Å². The molecule has 1 aliphatic rings. The van der Waals surface area contributed by atoms with Crippen molar-refractivity contribution in [3.05, 3.63) is 59.4 Å². The van der Waals surface area contributed by atoms with E-state index in [0.717, 1.165) is 12.8 Å². The van der Waals surface area contributed by atoms with Gasteiger partial charge in [0, 0.05) is 25.9 Å². The number of carbonyl (C=O) groups excluding carboxylic acids is 1. The fourth-order valence-electron chi connectivity index (χ4n) is 3.44. The lowest BCUT2D eigenvalue weighted by Crippen LogP contribution is -2.54. The Bertz CT molecular complexity index is 886. The first-order chi connectivity index (χ1) is 11.9. The van der Waals surface area contributed by atoms with Crippen LogP contribution in [0.5, 0.6) is 0 Å². The number of carbonyl (C=O) groups is 1. The van der Waals surface area contributed by atoms with Crippen LogP contribution in [0.15, 0.2) is 53.7 Å². The summed E-state index contributed by atoms with van der Waals surface area (Å²) in [5.41, 5.74) is -0.499. The van der Waals surface area contributed by atoms with E-state index < -0.39 is 15.6 Å². The summed E-state index contributed by atoms with van der Waals surface area (Å²) in [6.45, 7) is 0. The second-order valence-corrected chi connectivity index (χ2v) is 8.57. The second-order valence-electron chi connectivity index (χ2n) is 6.17. The summed E-state index contributed by atoms with van der Waals surface area (Å²) in [5.74, 6) is -0.0778. The van der Waals surface area contributed by atoms with Crippen LogP contribution in [0.1, 0.15) is 31.2 Å². The van der Waals surface area contributed by atoms with Crippen molar-refractivity contribution in [3.8, 4) is 0 Å². The minimum absolute atomic E-state index is 0.0174. The first-order valence-electron chi connectivity index (χ1n) is 8.07. The van der Waals surface area contributed by atoms with E-state index in [1.54, 1.807) is 0 Å². The van der Waals surface area contributed by atoms with Gasteiger partial charge in [-0.25, -0.2) is 8.42 Å². The Hall–Kier alpha value is -1.76. The van der Waals surface area contributed by atoms with Gasteiger partial charge >= 0.3 is 0 Å². The van der Waals surface area contributed by atoms with E-state index in [1.807, 2.05) is 30.3 Å². The number of aromatic nitrogens is 1. The molecule has 0 radical (unpaired) electrons. The predicted octanol–water partition coefficient (Wildman–Crippen LogP) is 3.39. The molecule has 7 heteroatoms. The Balaban J connectivity index is 2.15. The van der Waals surface area contributed by atoms with Crippen molar-refractivity contribution in [1.29, 1.82) is 0 Å². The molecule has 1 atom stereocenters. The number of Topliss-reactive ketones (excluding diaryl/α,β-unsaturated/α-hetero) is 1. The summed E-state index contributed by atoms with van der Waals surface area (Å²) in [5, 5.41) is 0.234. The average Bonchev–Trinajstić information content (AvgIpc) is 2.62. The molecule has 0 saturated heterocycles. The quantitative estimate of drug-likeness (QED) is 0.817. The predicted molar refractivity (Wildman–Crippen MR) is 95.8 cm³/mol. The number of rotatable bonds is 4. The van der Waals surface area contributed by atoms with Crippen molar-refractivity contribution in [2.45, 2.75) is 36.1 Å². The van der Waals surface area contributed by atoms with Crippen LogP contribution in [-0.2, 0) is 20.4 Å². The van der Waals surface area contributed by atoms with Crippen LogP contribution in [0.2, 0.25) is 5.02 Å². The molecule has 25 heavy (non-hydrogen) atoms. The number of benzene rings is 1. The molecular formula is C18H19ClN2O3S. The van der Waals surface area contributed by atoms with Crippen molar-refractivity contribution >= 4 is 27.4 Å². The van der Waals surface area contributed by atoms with Gasteiger partial charge in [0.1, 0.15) is 10.4 Å². The van der Waals surface area contributed by atoms with Gasteiger partial charge in [-0.3, -0.25) is 9.78 Å². The molecule has 132 valence electrons. The van der Waals surface area contributed by atoms with Crippen molar-refractivity contribution in [2.24, 2.45) is 0 Å². The van der Waals surface area contributed by atoms with Gasteiger partial charge in [0.2, 0.25) is 10.0 Å². The van der Waals surface area contributed by atoms with E-state index in [0.29, 0.717) is 18.4 Å². The molecule has 0 spiro atoms. The molecule has 0 N–H and O–H groups in total. The molecule has 3 rings (SSSR count). The monoisotopic (exact) mass is 378 g/mol. The zero-order valence-electron chi connectivity index (χ0n) is 13.9. The Morgan fingerprint density at radius 2 is 1.88 bits per heavy atom. The molecule has 0 bridgehead atoms. The maximum absolute atomic E-state index is 13.2. The van der Waals surface area contributed by atoms with Crippen LogP contribution in [0.4, 0.5) is 0 Å². The summed E-state index contributed by atoms with van der Waals surface area (Å²) in [6.07, 6.45) is 5.01. The molecule has 1 heterocycles. The fourth-order valence-corrected chi connectivity index (χ4v) is 5.18. The Kier molecular flexibility index (Phi) is 4.95. The Morgan fingerprint density at radius 3 is 2.52 bits per heavy atom. The third-order valence-electron chi connectivity index (χ3n) is 4.78. The van der Waals surface area contributed by atoms with Crippen molar-refractivity contribution in [3.63, 3.8) is 0 Å². The van der Waals surface area contributed by atoms with Crippen molar-refractivity contribution in [1.82, 2.24) is 9.29 Å². The summed E-state index contributed by atoms with van der Waals surface area (Å²) in [7, 11) is -2.47. The first-order valence-corrected chi connectivity index (χ1v) is 9.89. The Morgan fingerprint density at radius 1 is 1.16 bits per heavy atom. The molecule has 2 aromatic rings. The second kappa shape index (κ2) is 6.86. The summed E-state index contributed by atoms with van der Waals surface area (Å²) < 4.78 is 27.6. The van der Waals surface area contributed by atoms with Gasteiger partial charge in [-0.05, 0) is 24.5 Å². The fraction of sp³-hybridized carbons (Fsp3) is 0.333. The van der Waals surface area contributed by atoms with Gasteiger partial charge in [0.05, 0.1) is 5.02 Å². The van der Waals surface area contributed by atoms with Crippen LogP contribution in [0.25, 0.3) is 0 Å². The van der Waals surface area contributed by atoms with Crippen LogP contribution < -0.4 is 0 Å². The molecule has 1 fully saturated rings. The zero-order valence-corrected chi connectivity index (χ0v) is 15.4. The third kappa shape index (κ3) is 3.10. The highest BCUT2D eigenvalue weighted by molar-refractivity contribution is 7.89. The van der Waals surface area contributed by atoms with Gasteiger partial charge in [-0.1, -0.05) is 48.4 Å². The van der Waals surface area contributed by atoms with Crippen LogP contribution in [-0.4, -0.2) is 30.5 Å². The van der Waals surface area contributed by atoms with E-state index in [1.165, 1.54) is 29.8 Å². The van der Waals surface area contributed by atoms with E-state index in [4.69, 9.17) is 11.6 Å². The molecule has 5 nitrogen and oxygen atoms in total. The highest BCUT2D eigenvalue weighted by Crippen LogP contribution is 2.41. The number of nitrogens with zero attached hydrogens (tertiary/aromatic N) is 2. The molecule has 0 unspecified atom stereocenters. The molecule has 1 aromatic carbocycles. The minimum atomic E-state index is -3.94. The number of likely N-dealkylation sites (N-methyl/N-ethyl adjacent to an activating group) is 1. The van der Waals surface area contributed by atoms with Crippen molar-refractivity contribution < 1.29 is 13.2 Å². The van der Waals surface area contributed by atoms with Gasteiger partial charge in [0.25, 0.3) is 0 Å². The van der Waals surface area contributed by atoms with Gasteiger partial charge in [0.15, 0.2) is 5.78 Å². The van der Waals surface area contributed by atoms with Gasteiger partial charge in [-0.15, -0.1) is 0 Å². The van der Waals surface area contributed by atoms with Gasteiger partial charge < -0.3 is 0 Å². The summed E-state index contributed by atoms with van der Waals surface area (Å²) >= 11 is 5.91. The normalized spacial score (nSPS) is 21.5. The molecule has 1 aromatic heterocycles. The highest BCUT2D eigenvalue weighted by atomic mass is 35.5. The van der Waals surface area contributed by atoms with E-state index in [-0.39, 0.29) is 15.7 Å². The number of pyridine rings is 1. The van der Waals surface area contributed by atoms with Gasteiger partial charge in [-0.2, -0.15) is 4.31 Å². The summed E-state index contributed by atoms with van der Waals surface area (Å²) in [4.78, 5) is 16.8. The maximum atomic E-state index is 13.2. The zero-order chi connectivity index (χ0) is 18.1. The number of ketones is 1. The number of halogens is 1. The number of hydrogen-bond donors (Lipinski definition) is 0. The third-order valence-corrected chi connectivity index (χ3v) is 6.84. The Labute approximate surface area is 152 Å². The lowest BCUT2D eigenvalue weighted by atomic mass is 9.75. The molecule has 0 aliphatic heterocycles. The van der Waals surface area contributed by atoms with E-state index >= 15 is 0 Å². The van der Waals surface area contributed by atoms with Crippen LogP contribution >= 0.6 is 11.6 Å². The van der Waals surface area contributed by atoms with Crippen LogP contribution in [0, 0.1) is 0 Å². The molecular weight excluding hydrogens is 360 g/mol. The summed E-state index contributed by atoms with van der Waals surface area (Å²) in [6, 6.07) is 10.5. The largest absolute Gasteiger partial charge is 0.297 e. The number of sulfonamides is 1. The van der Waals surface area contributed by atoms with Crippen molar-refractivity contribution in [2.75, 3.05) is 7.05 Å². The lowest BCUT2D eigenvalue weighted by molar-refractivity contribution is -0.131. The SMILES string of the molecule is CN([C@@]1(c2ccccc2)CCCCC1=O)S(=O)(=O)c1cncc(Cl)c1. The smallest absolute Gasteiger partial charge is 0.245 e.